The van der Waals surface area contributed by atoms with Gasteiger partial charge in [-0.1, -0.05) is 6.92 Å². The van der Waals surface area contributed by atoms with Crippen LogP contribution in [-0.2, 0) is 37.9 Å². The zero-order valence-corrected chi connectivity index (χ0v) is 15.9. The van der Waals surface area contributed by atoms with Crippen LogP contribution in [0.3, 0.4) is 0 Å². The molecule has 0 aromatic heterocycles. The highest BCUT2D eigenvalue weighted by molar-refractivity contribution is 5.85. The number of nitrogens with one attached hydrogen (secondary N) is 1. The van der Waals surface area contributed by atoms with Gasteiger partial charge in [0.25, 0.3) is 0 Å². The van der Waals surface area contributed by atoms with Crippen LogP contribution in [0.1, 0.15) is 37.0 Å². The number of hydrogen-bond donors (Lipinski definition) is 2. The Bertz CT molecular complexity index is 758. The number of ether oxygens (including phenoxy) is 1. The van der Waals surface area contributed by atoms with E-state index in [0.29, 0.717) is 12.1 Å². The van der Waals surface area contributed by atoms with Gasteiger partial charge < -0.3 is 15.2 Å². The van der Waals surface area contributed by atoms with Crippen LogP contribution in [0.4, 0.5) is 26.3 Å². The van der Waals surface area contributed by atoms with E-state index in [4.69, 9.17) is 0 Å². The zero-order chi connectivity index (χ0) is 23.3. The van der Waals surface area contributed by atoms with Gasteiger partial charge in [0.1, 0.15) is 6.04 Å². The number of esters is 1. The van der Waals surface area contributed by atoms with Crippen molar-refractivity contribution in [3.63, 3.8) is 0 Å². The minimum Gasteiger partial charge on any atom is -0.480 e. The van der Waals surface area contributed by atoms with E-state index in [9.17, 15) is 45.8 Å². The van der Waals surface area contributed by atoms with Crippen LogP contribution in [0, 0.1) is 5.92 Å². The Morgan fingerprint density at radius 1 is 1.03 bits per heavy atom. The maximum absolute atomic E-state index is 12.9. The van der Waals surface area contributed by atoms with Crippen molar-refractivity contribution in [1.82, 2.24) is 5.32 Å². The molecule has 1 aromatic carbocycles. The monoisotopic (exact) mass is 443 g/mol. The molecule has 0 radical (unpaired) electrons. The van der Waals surface area contributed by atoms with E-state index in [0.717, 1.165) is 0 Å². The number of alkyl halides is 6. The predicted octanol–water partition coefficient (Wildman–Crippen LogP) is 3.43. The molecule has 0 aliphatic carbocycles. The number of rotatable bonds is 8. The number of halogens is 6. The second kappa shape index (κ2) is 9.81. The maximum atomic E-state index is 12.9. The molecule has 168 valence electrons. The third kappa shape index (κ3) is 7.56. The standard InChI is InChI=1S/C18H19F6NO5/c1-3-30-14(27)4-9(2)15(16(28)29)25-13(26)7-10-5-11(17(19,20)21)8-12(6-10)18(22,23)24/h5-6,8-9,15H,3-4,7H2,1-2H3,(H,25,26)(H,28,29)/t9-,15+/m1/s1. The Hall–Kier alpha value is -2.79. The number of benzene rings is 1. The van der Waals surface area contributed by atoms with Crippen LogP contribution in [0.25, 0.3) is 0 Å². The Balaban J connectivity index is 3.04. The van der Waals surface area contributed by atoms with Gasteiger partial charge in [0.15, 0.2) is 0 Å². The lowest BCUT2D eigenvalue weighted by Crippen LogP contribution is -2.46. The summed E-state index contributed by atoms with van der Waals surface area (Å²) in [6, 6.07) is -0.919. The lowest BCUT2D eigenvalue weighted by molar-refractivity contribution is -0.147. The number of carboxylic acids is 1. The van der Waals surface area contributed by atoms with Crippen molar-refractivity contribution in [2.24, 2.45) is 5.92 Å². The van der Waals surface area contributed by atoms with E-state index in [1.807, 2.05) is 5.32 Å². The number of hydrogen-bond acceptors (Lipinski definition) is 4. The molecule has 0 spiro atoms. The van der Waals surface area contributed by atoms with Gasteiger partial charge in [-0.05, 0) is 36.6 Å². The predicted molar refractivity (Wildman–Crippen MR) is 90.1 cm³/mol. The molecule has 1 rings (SSSR count). The highest BCUT2D eigenvalue weighted by atomic mass is 19.4. The molecule has 0 aliphatic heterocycles. The molecular formula is C18H19F6NO5. The summed E-state index contributed by atoms with van der Waals surface area (Å²) in [5, 5.41) is 11.3. The summed E-state index contributed by atoms with van der Waals surface area (Å²) < 4.78 is 82.0. The summed E-state index contributed by atoms with van der Waals surface area (Å²) in [6.07, 6.45) is -11.5. The molecule has 0 aliphatic rings. The van der Waals surface area contributed by atoms with Crippen molar-refractivity contribution in [3.05, 3.63) is 34.9 Å². The molecule has 0 unspecified atom stereocenters. The quantitative estimate of drug-likeness (QED) is 0.475. The molecule has 0 heterocycles. The highest BCUT2D eigenvalue weighted by Crippen LogP contribution is 2.36. The molecule has 1 aromatic rings. The van der Waals surface area contributed by atoms with Crippen LogP contribution in [0.2, 0.25) is 0 Å². The molecule has 0 bridgehead atoms. The second-order valence-electron chi connectivity index (χ2n) is 6.46. The fraction of sp³-hybridized carbons (Fsp3) is 0.500. The minimum atomic E-state index is -5.08. The molecule has 2 N–H and O–H groups in total. The first-order valence-electron chi connectivity index (χ1n) is 8.61. The lowest BCUT2D eigenvalue weighted by Gasteiger charge is -2.21. The van der Waals surface area contributed by atoms with Crippen molar-refractivity contribution in [3.8, 4) is 0 Å². The number of aliphatic carboxylic acids is 1. The normalized spacial score (nSPS) is 14.0. The van der Waals surface area contributed by atoms with Gasteiger partial charge in [0.2, 0.25) is 5.91 Å². The van der Waals surface area contributed by atoms with Gasteiger partial charge in [0, 0.05) is 0 Å². The fourth-order valence-corrected chi connectivity index (χ4v) is 2.58. The number of amides is 1. The fourth-order valence-electron chi connectivity index (χ4n) is 2.58. The number of carboxylic acid groups (broad SMARTS) is 1. The number of carbonyl (C=O) groups is 3. The van der Waals surface area contributed by atoms with Gasteiger partial charge in [-0.25, -0.2) is 4.79 Å². The lowest BCUT2D eigenvalue weighted by atomic mass is 9.97. The Morgan fingerprint density at radius 3 is 1.93 bits per heavy atom. The number of carbonyl (C=O) groups excluding carboxylic acids is 2. The molecule has 12 heteroatoms. The van der Waals surface area contributed by atoms with Crippen molar-refractivity contribution < 1.29 is 50.6 Å². The van der Waals surface area contributed by atoms with E-state index in [-0.39, 0.29) is 19.1 Å². The van der Waals surface area contributed by atoms with Gasteiger partial charge in [-0.15, -0.1) is 0 Å². The highest BCUT2D eigenvalue weighted by Gasteiger charge is 2.37. The Labute approximate surface area is 167 Å². The van der Waals surface area contributed by atoms with Gasteiger partial charge in [0.05, 0.1) is 30.6 Å². The van der Waals surface area contributed by atoms with Crippen molar-refractivity contribution in [2.75, 3.05) is 6.61 Å². The summed E-state index contributed by atoms with van der Waals surface area (Å²) in [5.41, 5.74) is -3.78. The van der Waals surface area contributed by atoms with E-state index < -0.39 is 65.3 Å². The van der Waals surface area contributed by atoms with Crippen molar-refractivity contribution in [2.45, 2.75) is 45.1 Å². The third-order valence-corrected chi connectivity index (χ3v) is 3.96. The third-order valence-electron chi connectivity index (χ3n) is 3.96. The maximum Gasteiger partial charge on any atom is 0.416 e. The molecule has 30 heavy (non-hydrogen) atoms. The van der Waals surface area contributed by atoms with Crippen LogP contribution in [0.5, 0.6) is 0 Å². The molecule has 0 saturated carbocycles. The topological polar surface area (TPSA) is 92.7 Å². The summed E-state index contributed by atoms with van der Waals surface area (Å²) in [6.45, 7) is 2.90. The average Bonchev–Trinajstić information content (AvgIpc) is 2.57. The summed E-state index contributed by atoms with van der Waals surface area (Å²) in [7, 11) is 0. The first kappa shape index (κ1) is 25.2. The summed E-state index contributed by atoms with van der Waals surface area (Å²) in [5.74, 6) is -4.32. The van der Waals surface area contributed by atoms with E-state index in [2.05, 4.69) is 4.74 Å². The van der Waals surface area contributed by atoms with Crippen LogP contribution in [-0.4, -0.2) is 35.6 Å². The first-order chi connectivity index (χ1) is 13.6. The van der Waals surface area contributed by atoms with E-state index in [1.165, 1.54) is 13.8 Å². The molecule has 2 atom stereocenters. The Kier molecular flexibility index (Phi) is 8.25. The van der Waals surface area contributed by atoms with Crippen LogP contribution >= 0.6 is 0 Å². The Morgan fingerprint density at radius 2 is 1.53 bits per heavy atom. The first-order valence-corrected chi connectivity index (χ1v) is 8.61. The van der Waals surface area contributed by atoms with Gasteiger partial charge in [-0.3, -0.25) is 9.59 Å². The largest absolute Gasteiger partial charge is 0.480 e. The summed E-state index contributed by atoms with van der Waals surface area (Å²) >= 11 is 0. The summed E-state index contributed by atoms with van der Waals surface area (Å²) in [4.78, 5) is 35.0. The molecule has 0 fully saturated rings. The van der Waals surface area contributed by atoms with Crippen molar-refractivity contribution >= 4 is 17.8 Å². The van der Waals surface area contributed by atoms with Gasteiger partial charge in [-0.2, -0.15) is 26.3 Å². The van der Waals surface area contributed by atoms with Gasteiger partial charge >= 0.3 is 24.3 Å². The van der Waals surface area contributed by atoms with Crippen molar-refractivity contribution in [1.29, 1.82) is 0 Å². The molecular weight excluding hydrogens is 424 g/mol. The van der Waals surface area contributed by atoms with Crippen LogP contribution < -0.4 is 5.32 Å². The van der Waals surface area contributed by atoms with E-state index in [1.54, 1.807) is 0 Å². The zero-order valence-electron chi connectivity index (χ0n) is 15.9. The smallest absolute Gasteiger partial charge is 0.416 e. The second-order valence-corrected chi connectivity index (χ2v) is 6.46. The average molecular weight is 443 g/mol. The van der Waals surface area contributed by atoms with E-state index >= 15 is 0 Å². The SMILES string of the molecule is CCOC(=O)C[C@@H](C)[C@H](NC(=O)Cc1cc(C(F)(F)F)cc(C(F)(F)F)c1)C(=O)O. The minimum absolute atomic E-state index is 0.0483. The van der Waals surface area contributed by atoms with Crippen LogP contribution in [0.15, 0.2) is 18.2 Å². The molecule has 6 nitrogen and oxygen atoms in total. The molecule has 0 saturated heterocycles. The molecule has 1 amide bonds.